The van der Waals surface area contributed by atoms with Gasteiger partial charge in [-0.1, -0.05) is 20.3 Å². The maximum absolute atomic E-state index is 10.8. The van der Waals surface area contributed by atoms with Gasteiger partial charge in [-0.05, 0) is 19.3 Å². The molecule has 12 heavy (non-hydrogen) atoms. The summed E-state index contributed by atoms with van der Waals surface area (Å²) in [7, 11) is 1.38. The molecule has 72 valence electrons. The van der Waals surface area contributed by atoms with Crippen LogP contribution in [0, 0.1) is 5.92 Å². The second-order valence-electron chi connectivity index (χ2n) is 3.29. The minimum atomic E-state index is -0.342. The lowest BCUT2D eigenvalue weighted by molar-refractivity contribution is 0.165. The van der Waals surface area contributed by atoms with Crippen LogP contribution in [-0.4, -0.2) is 19.2 Å². The molecule has 0 saturated carbocycles. The fraction of sp³-hybridized carbons (Fsp3) is 0.889. The summed E-state index contributed by atoms with van der Waals surface area (Å²) in [4.78, 5) is 10.8. The molecule has 0 heterocycles. The Kier molecular flexibility index (Phi) is 5.51. The van der Waals surface area contributed by atoms with Crippen LogP contribution in [0.2, 0.25) is 0 Å². The Morgan fingerprint density at radius 2 is 2.08 bits per heavy atom. The van der Waals surface area contributed by atoms with Crippen molar-refractivity contribution in [2.75, 3.05) is 7.11 Å². The second-order valence-corrected chi connectivity index (χ2v) is 3.29. The monoisotopic (exact) mass is 173 g/mol. The van der Waals surface area contributed by atoms with Crippen LogP contribution in [0.4, 0.5) is 4.79 Å². The summed E-state index contributed by atoms with van der Waals surface area (Å²) in [6.45, 7) is 6.31. The van der Waals surface area contributed by atoms with Crippen LogP contribution in [-0.2, 0) is 4.74 Å². The number of hydrogen-bond donors (Lipinski definition) is 1. The Bertz CT molecular complexity index is 136. The molecule has 0 aromatic carbocycles. The maximum atomic E-state index is 10.8. The van der Waals surface area contributed by atoms with Crippen molar-refractivity contribution in [3.05, 3.63) is 0 Å². The van der Waals surface area contributed by atoms with Gasteiger partial charge in [0.15, 0.2) is 0 Å². The topological polar surface area (TPSA) is 38.3 Å². The van der Waals surface area contributed by atoms with Crippen molar-refractivity contribution < 1.29 is 9.53 Å². The largest absolute Gasteiger partial charge is 0.453 e. The molecule has 0 aliphatic rings. The Balaban J connectivity index is 3.58. The Hall–Kier alpha value is -0.730. The van der Waals surface area contributed by atoms with E-state index in [9.17, 15) is 4.79 Å². The SMILES string of the molecule is CCC(C)CC(C)NC(=O)OC. The molecule has 0 radical (unpaired) electrons. The summed E-state index contributed by atoms with van der Waals surface area (Å²) in [5, 5.41) is 2.73. The first-order valence-corrected chi connectivity index (χ1v) is 4.44. The molecule has 3 heteroatoms. The quantitative estimate of drug-likeness (QED) is 0.707. The average molecular weight is 173 g/mol. The Morgan fingerprint density at radius 1 is 1.50 bits per heavy atom. The highest BCUT2D eigenvalue weighted by atomic mass is 16.5. The highest BCUT2D eigenvalue weighted by Crippen LogP contribution is 2.09. The minimum absolute atomic E-state index is 0.201. The number of ether oxygens (including phenoxy) is 1. The fourth-order valence-corrected chi connectivity index (χ4v) is 1.09. The van der Waals surface area contributed by atoms with Crippen LogP contribution >= 0.6 is 0 Å². The summed E-state index contributed by atoms with van der Waals surface area (Å²) in [6, 6.07) is 0.201. The van der Waals surface area contributed by atoms with Gasteiger partial charge in [-0.3, -0.25) is 0 Å². The molecular weight excluding hydrogens is 154 g/mol. The zero-order valence-electron chi connectivity index (χ0n) is 8.39. The van der Waals surface area contributed by atoms with E-state index in [0.717, 1.165) is 12.8 Å². The van der Waals surface area contributed by atoms with Crippen LogP contribution in [0.1, 0.15) is 33.6 Å². The van der Waals surface area contributed by atoms with Crippen molar-refractivity contribution in [3.63, 3.8) is 0 Å². The first-order chi connectivity index (χ1) is 5.60. The highest BCUT2D eigenvalue weighted by Gasteiger charge is 2.09. The molecule has 0 aliphatic heterocycles. The van der Waals surface area contributed by atoms with Crippen LogP contribution in [0.3, 0.4) is 0 Å². The van der Waals surface area contributed by atoms with Gasteiger partial charge in [0.1, 0.15) is 0 Å². The molecule has 0 aliphatic carbocycles. The van der Waals surface area contributed by atoms with Gasteiger partial charge in [-0.25, -0.2) is 4.79 Å². The number of hydrogen-bond acceptors (Lipinski definition) is 2. The van der Waals surface area contributed by atoms with Gasteiger partial charge >= 0.3 is 6.09 Å². The van der Waals surface area contributed by atoms with E-state index >= 15 is 0 Å². The molecule has 1 amide bonds. The van der Waals surface area contributed by atoms with Crippen molar-refractivity contribution >= 4 is 6.09 Å². The standard InChI is InChI=1S/C9H19NO2/c1-5-7(2)6-8(3)10-9(11)12-4/h7-8H,5-6H2,1-4H3,(H,10,11). The zero-order valence-corrected chi connectivity index (χ0v) is 8.39. The number of amides is 1. The number of rotatable bonds is 4. The van der Waals surface area contributed by atoms with Crippen LogP contribution < -0.4 is 5.32 Å². The van der Waals surface area contributed by atoms with E-state index in [0.29, 0.717) is 5.92 Å². The summed E-state index contributed by atoms with van der Waals surface area (Å²) >= 11 is 0. The summed E-state index contributed by atoms with van der Waals surface area (Å²) in [5.74, 6) is 0.650. The average Bonchev–Trinajstić information content (AvgIpc) is 2.03. The molecule has 3 nitrogen and oxygen atoms in total. The molecule has 2 unspecified atom stereocenters. The smallest absolute Gasteiger partial charge is 0.407 e. The van der Waals surface area contributed by atoms with Crippen molar-refractivity contribution in [3.8, 4) is 0 Å². The second kappa shape index (κ2) is 5.86. The van der Waals surface area contributed by atoms with Crippen molar-refractivity contribution in [1.29, 1.82) is 0 Å². The normalized spacial score (nSPS) is 15.0. The van der Waals surface area contributed by atoms with E-state index in [2.05, 4.69) is 23.9 Å². The van der Waals surface area contributed by atoms with Gasteiger partial charge in [-0.2, -0.15) is 0 Å². The molecule has 0 bridgehead atoms. The third kappa shape index (κ3) is 4.99. The van der Waals surface area contributed by atoms with Crippen LogP contribution in [0.5, 0.6) is 0 Å². The van der Waals surface area contributed by atoms with Crippen molar-refractivity contribution in [2.24, 2.45) is 5.92 Å². The lowest BCUT2D eigenvalue weighted by atomic mass is 10.0. The van der Waals surface area contributed by atoms with Gasteiger partial charge in [0.2, 0.25) is 0 Å². The third-order valence-electron chi connectivity index (χ3n) is 2.00. The van der Waals surface area contributed by atoms with Gasteiger partial charge in [0, 0.05) is 6.04 Å². The Morgan fingerprint density at radius 3 is 2.50 bits per heavy atom. The summed E-state index contributed by atoms with van der Waals surface area (Å²) in [5.41, 5.74) is 0. The van der Waals surface area contributed by atoms with E-state index in [1.807, 2.05) is 6.92 Å². The maximum Gasteiger partial charge on any atom is 0.407 e. The first-order valence-electron chi connectivity index (χ1n) is 4.44. The van der Waals surface area contributed by atoms with E-state index in [-0.39, 0.29) is 12.1 Å². The molecular formula is C9H19NO2. The van der Waals surface area contributed by atoms with Gasteiger partial charge in [0.05, 0.1) is 7.11 Å². The molecule has 1 N–H and O–H groups in total. The fourth-order valence-electron chi connectivity index (χ4n) is 1.09. The van der Waals surface area contributed by atoms with Crippen molar-refractivity contribution in [1.82, 2.24) is 5.32 Å². The van der Waals surface area contributed by atoms with Crippen LogP contribution in [0.15, 0.2) is 0 Å². The lowest BCUT2D eigenvalue weighted by Crippen LogP contribution is -2.33. The van der Waals surface area contributed by atoms with Gasteiger partial charge in [-0.15, -0.1) is 0 Å². The van der Waals surface area contributed by atoms with Gasteiger partial charge < -0.3 is 10.1 Å². The van der Waals surface area contributed by atoms with Gasteiger partial charge in [0.25, 0.3) is 0 Å². The molecule has 0 rings (SSSR count). The molecule has 0 fully saturated rings. The lowest BCUT2D eigenvalue weighted by Gasteiger charge is -2.16. The molecule has 0 aromatic rings. The number of alkyl carbamates (subject to hydrolysis) is 1. The number of carbonyl (C=O) groups is 1. The number of methoxy groups -OCH3 is 1. The third-order valence-corrected chi connectivity index (χ3v) is 2.00. The number of carbonyl (C=O) groups excluding carboxylic acids is 1. The van der Waals surface area contributed by atoms with E-state index < -0.39 is 0 Å². The summed E-state index contributed by atoms with van der Waals surface area (Å²) < 4.78 is 4.49. The molecule has 0 spiro atoms. The molecule has 0 aromatic heterocycles. The van der Waals surface area contributed by atoms with Crippen LogP contribution in [0.25, 0.3) is 0 Å². The Labute approximate surface area is 74.5 Å². The zero-order chi connectivity index (χ0) is 9.56. The predicted octanol–water partition coefficient (Wildman–Crippen LogP) is 2.17. The molecule has 0 saturated heterocycles. The van der Waals surface area contributed by atoms with E-state index in [4.69, 9.17) is 0 Å². The van der Waals surface area contributed by atoms with Crippen molar-refractivity contribution in [2.45, 2.75) is 39.7 Å². The predicted molar refractivity (Wildman–Crippen MR) is 49.1 cm³/mol. The summed E-state index contributed by atoms with van der Waals surface area (Å²) in [6.07, 6.45) is 1.81. The molecule has 2 atom stereocenters. The minimum Gasteiger partial charge on any atom is -0.453 e. The number of nitrogens with one attached hydrogen (secondary N) is 1. The highest BCUT2D eigenvalue weighted by molar-refractivity contribution is 5.67. The van der Waals surface area contributed by atoms with E-state index in [1.165, 1.54) is 7.11 Å². The first kappa shape index (κ1) is 11.3. The van der Waals surface area contributed by atoms with E-state index in [1.54, 1.807) is 0 Å².